The lowest BCUT2D eigenvalue weighted by Gasteiger charge is -2.12. The molecule has 156 valence electrons. The van der Waals surface area contributed by atoms with Crippen molar-refractivity contribution in [2.45, 2.75) is 85.0 Å². The largest absolute Gasteiger partial charge is 0.462 e. The van der Waals surface area contributed by atoms with Crippen LogP contribution in [-0.4, -0.2) is 24.1 Å². The molecule has 0 amide bonds. The van der Waals surface area contributed by atoms with Gasteiger partial charge in [-0.3, -0.25) is 9.59 Å². The maximum absolute atomic E-state index is 11.9. The quantitative estimate of drug-likeness (QED) is 0.219. The number of ketones is 2. The van der Waals surface area contributed by atoms with E-state index in [4.69, 9.17) is 4.74 Å². The molecular weight excluding hydrogens is 352 g/mol. The lowest BCUT2D eigenvalue weighted by atomic mass is 9.90. The molecule has 4 heteroatoms. The van der Waals surface area contributed by atoms with Crippen LogP contribution >= 0.6 is 0 Å². The zero-order valence-electron chi connectivity index (χ0n) is 17.8. The molecule has 0 heterocycles. The second kappa shape index (κ2) is 14.1. The first-order valence-electron chi connectivity index (χ1n) is 10.8. The minimum absolute atomic E-state index is 0.0980. The molecule has 0 saturated heterocycles. The van der Waals surface area contributed by atoms with Crippen molar-refractivity contribution in [1.82, 2.24) is 0 Å². The van der Waals surface area contributed by atoms with Crippen molar-refractivity contribution in [3.8, 4) is 0 Å². The van der Waals surface area contributed by atoms with Crippen LogP contribution in [0, 0.1) is 5.92 Å². The Hall–Kier alpha value is -1.97. The Morgan fingerprint density at radius 2 is 1.32 bits per heavy atom. The van der Waals surface area contributed by atoms with Gasteiger partial charge in [0.1, 0.15) is 11.6 Å². The Morgan fingerprint density at radius 1 is 0.786 bits per heavy atom. The number of carbonyl (C=O) groups is 3. The summed E-state index contributed by atoms with van der Waals surface area (Å²) in [6, 6.07) is 7.67. The average Bonchev–Trinajstić information content (AvgIpc) is 2.72. The average molecular weight is 389 g/mol. The first kappa shape index (κ1) is 24.1. The van der Waals surface area contributed by atoms with Gasteiger partial charge in [0, 0.05) is 12.8 Å². The highest BCUT2D eigenvalue weighted by molar-refractivity contribution is 6.02. The molecule has 1 aromatic carbocycles. The maximum Gasteiger partial charge on any atom is 0.338 e. The molecule has 0 aliphatic rings. The van der Waals surface area contributed by atoms with Gasteiger partial charge in [-0.1, -0.05) is 58.1 Å². The minimum atomic E-state index is -0.368. The number of hydrogen-bond donors (Lipinski definition) is 0. The van der Waals surface area contributed by atoms with Crippen LogP contribution < -0.4 is 0 Å². The van der Waals surface area contributed by atoms with Gasteiger partial charge in [0.15, 0.2) is 0 Å². The van der Waals surface area contributed by atoms with Gasteiger partial charge >= 0.3 is 5.97 Å². The number of aryl methyl sites for hydroxylation is 1. The molecular formula is C24H36O4. The predicted octanol–water partition coefficient (Wildman–Crippen LogP) is 5.71. The van der Waals surface area contributed by atoms with E-state index >= 15 is 0 Å². The fraction of sp³-hybridized carbons (Fsp3) is 0.625. The smallest absolute Gasteiger partial charge is 0.338 e. The van der Waals surface area contributed by atoms with Gasteiger partial charge in [-0.2, -0.15) is 0 Å². The minimum Gasteiger partial charge on any atom is -0.462 e. The van der Waals surface area contributed by atoms with Crippen molar-refractivity contribution < 1.29 is 19.1 Å². The van der Waals surface area contributed by atoms with E-state index in [0.29, 0.717) is 31.4 Å². The van der Waals surface area contributed by atoms with Crippen molar-refractivity contribution in [2.24, 2.45) is 5.92 Å². The molecule has 0 saturated carbocycles. The summed E-state index contributed by atoms with van der Waals surface area (Å²) < 4.78 is 4.99. The number of rotatable bonds is 15. The summed E-state index contributed by atoms with van der Waals surface area (Å²) in [7, 11) is 0. The van der Waals surface area contributed by atoms with E-state index in [2.05, 4.69) is 0 Å². The Bertz CT molecular complexity index is 588. The Kier molecular flexibility index (Phi) is 12.1. The van der Waals surface area contributed by atoms with E-state index in [1.807, 2.05) is 38.1 Å². The highest BCUT2D eigenvalue weighted by atomic mass is 16.5. The zero-order valence-corrected chi connectivity index (χ0v) is 17.8. The SMILES string of the molecule is CCOC(=O)c1ccc(CCCCCCCCC(C(=O)CC)C(=O)CC)cc1. The number of ether oxygens (including phenoxy) is 1. The molecule has 28 heavy (non-hydrogen) atoms. The second-order valence-electron chi connectivity index (χ2n) is 7.27. The van der Waals surface area contributed by atoms with Crippen molar-refractivity contribution in [3.05, 3.63) is 35.4 Å². The third-order valence-electron chi connectivity index (χ3n) is 5.15. The van der Waals surface area contributed by atoms with Gasteiger partial charge in [-0.25, -0.2) is 4.79 Å². The Balaban J connectivity index is 2.16. The van der Waals surface area contributed by atoms with E-state index < -0.39 is 0 Å². The second-order valence-corrected chi connectivity index (χ2v) is 7.27. The molecule has 1 aromatic rings. The van der Waals surface area contributed by atoms with Crippen LogP contribution in [0.3, 0.4) is 0 Å². The van der Waals surface area contributed by atoms with Gasteiger partial charge in [-0.15, -0.1) is 0 Å². The number of esters is 1. The van der Waals surface area contributed by atoms with Gasteiger partial charge in [-0.05, 0) is 43.9 Å². The fourth-order valence-corrected chi connectivity index (χ4v) is 3.40. The first-order valence-corrected chi connectivity index (χ1v) is 10.8. The molecule has 0 atom stereocenters. The van der Waals surface area contributed by atoms with Gasteiger partial charge in [0.05, 0.1) is 18.1 Å². The van der Waals surface area contributed by atoms with Crippen molar-refractivity contribution in [2.75, 3.05) is 6.61 Å². The summed E-state index contributed by atoms with van der Waals surface area (Å²) in [5, 5.41) is 0. The van der Waals surface area contributed by atoms with Crippen LogP contribution in [0.2, 0.25) is 0 Å². The van der Waals surface area contributed by atoms with Crippen molar-refractivity contribution >= 4 is 17.5 Å². The van der Waals surface area contributed by atoms with Gasteiger partial charge in [0.2, 0.25) is 0 Å². The van der Waals surface area contributed by atoms with E-state index in [0.717, 1.165) is 32.1 Å². The van der Waals surface area contributed by atoms with E-state index in [-0.39, 0.29) is 23.5 Å². The molecule has 0 aromatic heterocycles. The van der Waals surface area contributed by atoms with E-state index in [1.54, 1.807) is 6.92 Å². The summed E-state index contributed by atoms with van der Waals surface area (Å²) in [5.41, 5.74) is 1.85. The third kappa shape index (κ3) is 8.81. The molecule has 0 N–H and O–H groups in total. The zero-order chi connectivity index (χ0) is 20.8. The van der Waals surface area contributed by atoms with Crippen molar-refractivity contribution in [3.63, 3.8) is 0 Å². The van der Waals surface area contributed by atoms with Crippen LogP contribution in [0.1, 0.15) is 94.5 Å². The fourth-order valence-electron chi connectivity index (χ4n) is 3.40. The Labute approximate surface area is 170 Å². The molecule has 0 spiro atoms. The molecule has 0 unspecified atom stereocenters. The molecule has 0 radical (unpaired) electrons. The molecule has 0 aliphatic heterocycles. The summed E-state index contributed by atoms with van der Waals surface area (Å²) in [5.74, 6) is -0.438. The standard InChI is InChI=1S/C24H36O4/c1-4-22(25)21(23(26)5-2)14-12-10-8-7-9-11-13-19-15-17-20(18-16-19)24(27)28-6-3/h15-18,21H,4-14H2,1-3H3. The van der Waals surface area contributed by atoms with E-state index in [9.17, 15) is 14.4 Å². The lowest BCUT2D eigenvalue weighted by molar-refractivity contribution is -0.132. The highest BCUT2D eigenvalue weighted by Crippen LogP contribution is 2.17. The lowest BCUT2D eigenvalue weighted by Crippen LogP contribution is -2.22. The number of benzene rings is 1. The topological polar surface area (TPSA) is 60.4 Å². The third-order valence-corrected chi connectivity index (χ3v) is 5.15. The number of unbranched alkanes of at least 4 members (excludes halogenated alkanes) is 5. The van der Waals surface area contributed by atoms with E-state index in [1.165, 1.54) is 18.4 Å². The highest BCUT2D eigenvalue weighted by Gasteiger charge is 2.22. The van der Waals surface area contributed by atoms with Crippen LogP contribution in [0.5, 0.6) is 0 Å². The van der Waals surface area contributed by atoms with Crippen LogP contribution in [0.25, 0.3) is 0 Å². The van der Waals surface area contributed by atoms with Crippen molar-refractivity contribution in [1.29, 1.82) is 0 Å². The molecule has 4 nitrogen and oxygen atoms in total. The van der Waals surface area contributed by atoms with Crippen LogP contribution in [0.15, 0.2) is 24.3 Å². The van der Waals surface area contributed by atoms with Gasteiger partial charge < -0.3 is 4.74 Å². The summed E-state index contributed by atoms with van der Waals surface area (Å²) >= 11 is 0. The molecule has 0 bridgehead atoms. The molecule has 1 rings (SSSR count). The normalized spacial score (nSPS) is 10.9. The summed E-state index contributed by atoms with van der Waals surface area (Å²) in [6.07, 6.45) is 9.30. The van der Waals surface area contributed by atoms with Crippen LogP contribution in [-0.2, 0) is 20.7 Å². The predicted molar refractivity (Wildman–Crippen MR) is 113 cm³/mol. The number of carbonyl (C=O) groups excluding carboxylic acids is 3. The summed E-state index contributed by atoms with van der Waals surface area (Å²) in [6.45, 7) is 5.87. The monoisotopic (exact) mass is 388 g/mol. The maximum atomic E-state index is 11.9. The molecule has 0 fully saturated rings. The molecule has 0 aliphatic carbocycles. The first-order chi connectivity index (χ1) is 13.5. The van der Waals surface area contributed by atoms with Gasteiger partial charge in [0.25, 0.3) is 0 Å². The number of hydrogen-bond acceptors (Lipinski definition) is 4. The Morgan fingerprint density at radius 3 is 1.86 bits per heavy atom. The number of Topliss-reactive ketones (excluding diaryl/α,β-unsaturated/α-hetero) is 2. The summed E-state index contributed by atoms with van der Waals surface area (Å²) in [4.78, 5) is 35.4. The van der Waals surface area contributed by atoms with Crippen LogP contribution in [0.4, 0.5) is 0 Å².